The quantitative estimate of drug-likeness (QED) is 0.351. The molecule has 2 heterocycles. The molecule has 1 fully saturated rings. The highest BCUT2D eigenvalue weighted by Crippen LogP contribution is 2.47. The molecule has 192 valence electrons. The molecule has 2 N–H and O–H groups in total. The minimum Gasteiger partial charge on any atom is -0.462 e. The highest BCUT2D eigenvalue weighted by Gasteiger charge is 2.38. The molecule has 1 aliphatic heterocycles. The first-order valence-electron chi connectivity index (χ1n) is 11.1. The summed E-state index contributed by atoms with van der Waals surface area (Å²) in [6.07, 6.45) is 0.285. The van der Waals surface area contributed by atoms with Gasteiger partial charge in [-0.1, -0.05) is 30.7 Å². The number of aromatic amines is 1. The summed E-state index contributed by atoms with van der Waals surface area (Å²) in [5.41, 5.74) is -1.10. The summed E-state index contributed by atoms with van der Waals surface area (Å²) in [5.74, 6) is -0.633. The lowest BCUT2D eigenvalue weighted by molar-refractivity contribution is -0.149. The van der Waals surface area contributed by atoms with E-state index in [-0.39, 0.29) is 29.4 Å². The number of benzene rings is 1. The van der Waals surface area contributed by atoms with Gasteiger partial charge in [0.05, 0.1) is 23.8 Å². The number of halogens is 1. The number of aromatic nitrogens is 2. The molecule has 11 nitrogen and oxygen atoms in total. The predicted molar refractivity (Wildman–Crippen MR) is 128 cm³/mol. The molecule has 0 saturated carbocycles. The van der Waals surface area contributed by atoms with E-state index in [2.05, 4.69) is 10.1 Å². The summed E-state index contributed by atoms with van der Waals surface area (Å²) in [5, 5.41) is 2.80. The van der Waals surface area contributed by atoms with Crippen molar-refractivity contribution in [3.8, 4) is 5.75 Å². The van der Waals surface area contributed by atoms with Gasteiger partial charge in [-0.15, -0.1) is 0 Å². The Morgan fingerprint density at radius 1 is 1.29 bits per heavy atom. The van der Waals surface area contributed by atoms with Gasteiger partial charge in [-0.05, 0) is 39.3 Å². The molecule has 3 rings (SSSR count). The molecule has 0 amide bonds. The summed E-state index contributed by atoms with van der Waals surface area (Å²) in [6, 6.07) is 6.63. The van der Waals surface area contributed by atoms with Crippen LogP contribution in [-0.2, 0) is 23.4 Å². The maximum absolute atomic E-state index is 13.6. The molecule has 1 aromatic carbocycles. The van der Waals surface area contributed by atoms with Crippen molar-refractivity contribution in [3.05, 3.63) is 62.4 Å². The Morgan fingerprint density at radius 2 is 2.00 bits per heavy atom. The molecule has 1 aromatic heterocycles. The van der Waals surface area contributed by atoms with Crippen LogP contribution in [0.15, 0.2) is 46.1 Å². The van der Waals surface area contributed by atoms with Crippen LogP contribution in [0.5, 0.6) is 5.75 Å². The Balaban J connectivity index is 1.74. The zero-order valence-electron chi connectivity index (χ0n) is 19.8. The number of rotatable bonds is 10. The molecule has 2 aromatic rings. The van der Waals surface area contributed by atoms with Crippen LogP contribution in [0.1, 0.15) is 40.3 Å². The van der Waals surface area contributed by atoms with Crippen LogP contribution < -0.4 is 20.9 Å². The van der Waals surface area contributed by atoms with Crippen molar-refractivity contribution in [2.75, 3.05) is 6.61 Å². The van der Waals surface area contributed by atoms with Crippen molar-refractivity contribution >= 4 is 25.3 Å². The number of hydrogen-bond donors (Lipinski definition) is 2. The number of H-pyrrole nitrogens is 1. The van der Waals surface area contributed by atoms with Crippen molar-refractivity contribution in [1.82, 2.24) is 14.6 Å². The Kier molecular flexibility index (Phi) is 8.95. The van der Waals surface area contributed by atoms with Gasteiger partial charge in [0.1, 0.15) is 18.0 Å². The van der Waals surface area contributed by atoms with E-state index in [9.17, 15) is 18.9 Å². The summed E-state index contributed by atoms with van der Waals surface area (Å²) in [6.45, 7) is 6.58. The third-order valence-corrected chi connectivity index (χ3v) is 7.06. The topological polar surface area (TPSA) is 138 Å². The summed E-state index contributed by atoms with van der Waals surface area (Å²) in [7, 11) is -4.13. The van der Waals surface area contributed by atoms with Crippen LogP contribution in [0, 0.1) is 5.92 Å². The van der Waals surface area contributed by atoms with Gasteiger partial charge in [0.15, 0.2) is 0 Å². The number of carbonyl (C=O) groups is 1. The molecule has 13 heteroatoms. The smallest absolute Gasteiger partial charge is 0.459 e. The van der Waals surface area contributed by atoms with E-state index >= 15 is 0 Å². The van der Waals surface area contributed by atoms with Crippen LogP contribution in [0.2, 0.25) is 5.02 Å². The van der Waals surface area contributed by atoms with Gasteiger partial charge in [-0.25, -0.2) is 9.36 Å². The first-order valence-corrected chi connectivity index (χ1v) is 13.0. The van der Waals surface area contributed by atoms with Crippen LogP contribution in [0.3, 0.4) is 0 Å². The Labute approximate surface area is 207 Å². The van der Waals surface area contributed by atoms with Crippen molar-refractivity contribution < 1.29 is 27.9 Å². The van der Waals surface area contributed by atoms with Crippen LogP contribution in [0.25, 0.3) is 0 Å². The molecule has 1 aliphatic rings. The molecule has 0 aliphatic carbocycles. The molecule has 35 heavy (non-hydrogen) atoms. The lowest BCUT2D eigenvalue weighted by atomic mass is 10.1. The molecular formula is C22H29ClN3O8P. The molecule has 4 unspecified atom stereocenters. The summed E-state index contributed by atoms with van der Waals surface area (Å²) in [4.78, 5) is 38.0. The number of nitrogens with one attached hydrogen (secondary N) is 2. The van der Waals surface area contributed by atoms with Gasteiger partial charge < -0.3 is 14.0 Å². The fourth-order valence-corrected chi connectivity index (χ4v) is 5.30. The first-order chi connectivity index (χ1) is 16.5. The second-order valence-electron chi connectivity index (χ2n) is 8.53. The number of para-hydroxylation sites is 1. The zero-order chi connectivity index (χ0) is 25.8. The van der Waals surface area contributed by atoms with Gasteiger partial charge in [0.2, 0.25) is 0 Å². The largest absolute Gasteiger partial charge is 0.462 e. The van der Waals surface area contributed by atoms with Crippen LogP contribution in [-0.4, -0.2) is 40.4 Å². The van der Waals surface area contributed by atoms with E-state index in [1.54, 1.807) is 32.0 Å². The second-order valence-corrected chi connectivity index (χ2v) is 10.6. The maximum atomic E-state index is 13.6. The van der Waals surface area contributed by atoms with Gasteiger partial charge in [0, 0.05) is 18.2 Å². The minimum atomic E-state index is -4.13. The van der Waals surface area contributed by atoms with Gasteiger partial charge in [0.25, 0.3) is 5.56 Å². The zero-order valence-corrected chi connectivity index (χ0v) is 21.5. The van der Waals surface area contributed by atoms with Crippen molar-refractivity contribution in [2.24, 2.45) is 5.92 Å². The third kappa shape index (κ3) is 7.28. The van der Waals surface area contributed by atoms with E-state index in [0.29, 0.717) is 6.42 Å². The van der Waals surface area contributed by atoms with E-state index < -0.39 is 43.3 Å². The van der Waals surface area contributed by atoms with Crippen LogP contribution >= 0.6 is 19.3 Å². The molecule has 0 radical (unpaired) electrons. The standard InChI is InChI=1S/C22H29ClN3O8P/c1-13(2)32-21(28)15(4)25-35(30,34-18-8-6-5-7-17(18)23)31-12-16-11-14(3)20(33-16)26-10-9-19(27)24-22(26)29/h5-10,13-16,20H,11-12H2,1-4H3,(H,25,30)(H,24,27,29)/t14?,15-,16?,20?,35?/m0/s1. The highest BCUT2D eigenvalue weighted by atomic mass is 35.5. The fraction of sp³-hybridized carbons (Fsp3) is 0.500. The number of nitrogens with zero attached hydrogens (tertiary/aromatic N) is 1. The highest BCUT2D eigenvalue weighted by molar-refractivity contribution is 7.52. The molecule has 5 atom stereocenters. The van der Waals surface area contributed by atoms with E-state index in [4.69, 9.17) is 30.1 Å². The van der Waals surface area contributed by atoms with E-state index in [0.717, 1.165) is 0 Å². The number of carbonyl (C=O) groups excluding carboxylic acids is 1. The van der Waals surface area contributed by atoms with Gasteiger partial charge in [-0.3, -0.25) is 23.7 Å². The molecule has 0 bridgehead atoms. The van der Waals surface area contributed by atoms with Crippen LogP contribution in [0.4, 0.5) is 0 Å². The lowest BCUT2D eigenvalue weighted by Gasteiger charge is -2.25. The third-order valence-electron chi connectivity index (χ3n) is 5.12. The Bertz CT molecular complexity index is 1200. The number of esters is 1. The number of hydrogen-bond acceptors (Lipinski definition) is 8. The summed E-state index contributed by atoms with van der Waals surface area (Å²) >= 11 is 6.15. The SMILES string of the molecule is CC(C)OC(=O)[C@H](C)NP(=O)(OCC1CC(C)C(n2ccc(=O)[nH]c2=O)O1)Oc1ccccc1Cl. The normalized spacial score (nSPS) is 22.5. The average molecular weight is 530 g/mol. The van der Waals surface area contributed by atoms with Gasteiger partial charge >= 0.3 is 19.4 Å². The molecular weight excluding hydrogens is 501 g/mol. The fourth-order valence-electron chi connectivity index (χ4n) is 3.54. The first kappa shape index (κ1) is 27.2. The van der Waals surface area contributed by atoms with Crippen molar-refractivity contribution in [2.45, 2.75) is 58.6 Å². The van der Waals surface area contributed by atoms with Crippen molar-refractivity contribution in [1.29, 1.82) is 0 Å². The van der Waals surface area contributed by atoms with E-state index in [1.165, 1.54) is 29.8 Å². The Morgan fingerprint density at radius 3 is 2.66 bits per heavy atom. The van der Waals surface area contributed by atoms with Crippen molar-refractivity contribution in [3.63, 3.8) is 0 Å². The average Bonchev–Trinajstić information content (AvgIpc) is 3.14. The van der Waals surface area contributed by atoms with E-state index in [1.807, 2.05) is 6.92 Å². The molecule has 0 spiro atoms. The summed E-state index contributed by atoms with van der Waals surface area (Å²) < 4.78 is 37.3. The molecule has 1 saturated heterocycles. The second kappa shape index (κ2) is 11.5. The lowest BCUT2D eigenvalue weighted by Crippen LogP contribution is -2.36. The minimum absolute atomic E-state index is 0.104. The number of ether oxygens (including phenoxy) is 2. The predicted octanol–water partition coefficient (Wildman–Crippen LogP) is 3.25. The maximum Gasteiger partial charge on any atom is 0.459 e. The monoisotopic (exact) mass is 529 g/mol. The van der Waals surface area contributed by atoms with Gasteiger partial charge in [-0.2, -0.15) is 5.09 Å². The Hall–Kier alpha value is -2.43.